The van der Waals surface area contributed by atoms with E-state index in [1.807, 2.05) is 0 Å². The highest BCUT2D eigenvalue weighted by atomic mass is 32.3. The Morgan fingerprint density at radius 1 is 0.644 bits per heavy atom. The normalized spacial score (nSPS) is 33.7. The first kappa shape index (κ1) is 40.6. The van der Waals surface area contributed by atoms with E-state index in [2.05, 4.69) is 26.1 Å². The summed E-state index contributed by atoms with van der Waals surface area (Å²) in [6.45, 7) is -1.06. The van der Waals surface area contributed by atoms with Gasteiger partial charge in [0.15, 0.2) is 24.7 Å². The lowest BCUT2D eigenvalue weighted by atomic mass is 9.94. The first-order valence-electron chi connectivity index (χ1n) is 11.5. The second-order valence-electron chi connectivity index (χ2n) is 8.60. The van der Waals surface area contributed by atoms with E-state index >= 15 is 0 Å². The van der Waals surface area contributed by atoms with Gasteiger partial charge in [-0.2, -0.15) is 33.7 Å². The van der Waals surface area contributed by atoms with Crippen LogP contribution in [0.1, 0.15) is 6.92 Å². The fourth-order valence-corrected chi connectivity index (χ4v) is 6.24. The van der Waals surface area contributed by atoms with Crippen LogP contribution in [0, 0.1) is 0 Å². The standard InChI is InChI=1S/C15H28O25S5/c1-6-9(37-44(23,24)25)12(29-2)10(7(33-6)4-31-42(17,18)19)35-15-14(38-45(26,27)28)13(30-3)11(36-41-40-39-16)8(34-15)5-32-43(20,21)22/h6-16H,4-5H2,1-3H3,(H,17,18,19)(H,20,21,22)(H,23,24,25)(H,26,27,28)/t6-,7?,8?,9?,10+,11+,12+,13-,14?,15-/m0/s1. The van der Waals surface area contributed by atoms with E-state index in [0.717, 1.165) is 14.2 Å². The van der Waals surface area contributed by atoms with E-state index in [-0.39, 0.29) is 12.3 Å². The van der Waals surface area contributed by atoms with Crippen molar-refractivity contribution >= 4 is 53.9 Å². The minimum absolute atomic E-state index is 0.150. The van der Waals surface area contributed by atoms with Gasteiger partial charge in [-0.15, -0.1) is 4.33 Å². The van der Waals surface area contributed by atoms with Crippen molar-refractivity contribution in [1.82, 2.24) is 0 Å². The van der Waals surface area contributed by atoms with Crippen LogP contribution in [-0.4, -0.2) is 146 Å². The summed E-state index contributed by atoms with van der Waals surface area (Å²) in [5, 5.41) is 11.7. The molecule has 0 spiro atoms. The summed E-state index contributed by atoms with van der Waals surface area (Å²) in [6.07, 6.45) is -18.3. The molecule has 2 saturated heterocycles. The highest BCUT2D eigenvalue weighted by Crippen LogP contribution is 2.36. The number of ether oxygens (including phenoxy) is 5. The van der Waals surface area contributed by atoms with Gasteiger partial charge in [-0.3, -0.25) is 22.4 Å². The number of methoxy groups -OCH3 is 2. The van der Waals surface area contributed by atoms with Gasteiger partial charge in [0.2, 0.25) is 0 Å². The van der Waals surface area contributed by atoms with E-state index in [1.165, 1.54) is 6.92 Å². The van der Waals surface area contributed by atoms with Gasteiger partial charge in [0.25, 0.3) is 0 Å². The Labute approximate surface area is 260 Å². The fourth-order valence-electron chi connectivity index (χ4n) is 4.22. The van der Waals surface area contributed by atoms with Gasteiger partial charge in [0.1, 0.15) is 42.7 Å². The SMILES string of the molecule is CO[C@@H]1C(OS(=O)(=O)O)[C@H](O[C@@H]2C(COS(=O)(=O)O)O[C@@H](C)C(OS(=O)(=O)O)[C@H]2OC)OC(COS(=O)(=O)O)[C@H]1OSOOO. The molecule has 268 valence electrons. The Hall–Kier alpha value is -0.530. The van der Waals surface area contributed by atoms with Crippen molar-refractivity contribution in [1.29, 1.82) is 0 Å². The van der Waals surface area contributed by atoms with E-state index in [1.54, 1.807) is 0 Å². The van der Waals surface area contributed by atoms with Crippen LogP contribution in [0.3, 0.4) is 0 Å². The van der Waals surface area contributed by atoms with Crippen molar-refractivity contribution < 1.29 is 111 Å². The van der Waals surface area contributed by atoms with Crippen molar-refractivity contribution in [3.05, 3.63) is 0 Å². The molecule has 0 aliphatic carbocycles. The van der Waals surface area contributed by atoms with Crippen LogP contribution in [0.4, 0.5) is 0 Å². The molecule has 2 heterocycles. The molecule has 0 radical (unpaired) electrons. The third kappa shape index (κ3) is 13.5. The molecule has 30 heteroatoms. The molecule has 2 aliphatic heterocycles. The van der Waals surface area contributed by atoms with Gasteiger partial charge in [-0.05, 0) is 6.92 Å². The predicted molar refractivity (Wildman–Crippen MR) is 135 cm³/mol. The van der Waals surface area contributed by atoms with Crippen LogP contribution in [0.5, 0.6) is 0 Å². The van der Waals surface area contributed by atoms with E-state index in [4.69, 9.17) is 42.2 Å². The lowest BCUT2D eigenvalue weighted by Crippen LogP contribution is -2.66. The Morgan fingerprint density at radius 3 is 1.56 bits per heavy atom. The third-order valence-electron chi connectivity index (χ3n) is 5.73. The van der Waals surface area contributed by atoms with Crippen LogP contribution < -0.4 is 0 Å². The Balaban J connectivity index is 2.62. The van der Waals surface area contributed by atoms with Crippen LogP contribution in [0.25, 0.3) is 0 Å². The minimum atomic E-state index is -5.45. The molecule has 2 fully saturated rings. The van der Waals surface area contributed by atoms with Gasteiger partial charge in [0.05, 0.1) is 19.3 Å². The van der Waals surface area contributed by atoms with Crippen LogP contribution in [-0.2, 0) is 95.6 Å². The van der Waals surface area contributed by atoms with Crippen molar-refractivity contribution in [2.75, 3.05) is 27.4 Å². The number of hydrogen-bond donors (Lipinski definition) is 5. The second kappa shape index (κ2) is 16.7. The van der Waals surface area contributed by atoms with E-state index < -0.39 is 116 Å². The molecule has 5 N–H and O–H groups in total. The Morgan fingerprint density at radius 2 is 1.11 bits per heavy atom. The predicted octanol–water partition coefficient (Wildman–Crippen LogP) is -2.70. The van der Waals surface area contributed by atoms with Gasteiger partial charge in [0, 0.05) is 14.2 Å². The summed E-state index contributed by atoms with van der Waals surface area (Å²) in [5.41, 5.74) is 0. The zero-order chi connectivity index (χ0) is 34.4. The summed E-state index contributed by atoms with van der Waals surface area (Å²) in [4.78, 5) is 0. The second-order valence-corrected chi connectivity index (χ2v) is 13.3. The Bertz CT molecular complexity index is 1370. The van der Waals surface area contributed by atoms with Crippen LogP contribution in [0.15, 0.2) is 0 Å². The van der Waals surface area contributed by atoms with Crippen LogP contribution >= 0.6 is 12.3 Å². The summed E-state index contributed by atoms with van der Waals surface area (Å²) < 4.78 is 183. The van der Waals surface area contributed by atoms with E-state index in [9.17, 15) is 42.8 Å². The first-order chi connectivity index (χ1) is 20.6. The molecule has 0 aromatic carbocycles. The average Bonchev–Trinajstić information content (AvgIpc) is 2.87. The smallest absolute Gasteiger partial charge is 0.376 e. The maximum absolute atomic E-state index is 11.8. The highest BCUT2D eigenvalue weighted by molar-refractivity contribution is 7.89. The summed E-state index contributed by atoms with van der Waals surface area (Å²) >= 11 is -0.150. The average molecular weight is 769 g/mol. The molecule has 45 heavy (non-hydrogen) atoms. The lowest BCUT2D eigenvalue weighted by molar-refractivity contribution is -0.435. The third-order valence-corrected chi connectivity index (χ3v) is 7.95. The molecule has 0 amide bonds. The van der Waals surface area contributed by atoms with Gasteiger partial charge >= 0.3 is 41.6 Å². The quantitative estimate of drug-likeness (QED) is 0.0311. The van der Waals surface area contributed by atoms with E-state index in [0.29, 0.717) is 0 Å². The monoisotopic (exact) mass is 768 g/mol. The van der Waals surface area contributed by atoms with Crippen molar-refractivity contribution in [2.45, 2.75) is 68.1 Å². The topological polar surface area (TPSA) is 348 Å². The summed E-state index contributed by atoms with van der Waals surface area (Å²) in [7, 11) is -19.1. The largest absolute Gasteiger partial charge is 0.397 e. The lowest BCUT2D eigenvalue weighted by Gasteiger charge is -2.48. The fraction of sp³-hybridized carbons (Fsp3) is 1.00. The molecule has 10 atom stereocenters. The molecule has 0 aromatic rings. The van der Waals surface area contributed by atoms with Gasteiger partial charge in [-0.25, -0.2) is 22.0 Å². The highest BCUT2D eigenvalue weighted by Gasteiger charge is 2.55. The van der Waals surface area contributed by atoms with Crippen molar-refractivity contribution in [2.24, 2.45) is 0 Å². The molecule has 4 unspecified atom stereocenters. The van der Waals surface area contributed by atoms with Crippen molar-refractivity contribution in [3.8, 4) is 0 Å². The zero-order valence-electron chi connectivity index (χ0n) is 22.6. The van der Waals surface area contributed by atoms with Gasteiger partial charge < -0.3 is 23.7 Å². The van der Waals surface area contributed by atoms with Crippen LogP contribution in [0.2, 0.25) is 0 Å². The molecule has 2 aliphatic rings. The molecule has 0 bridgehead atoms. The summed E-state index contributed by atoms with van der Waals surface area (Å²) in [5.74, 6) is 0. The molecule has 0 saturated carbocycles. The molecular weight excluding hydrogens is 740 g/mol. The molecular formula is C15H28O25S5. The maximum atomic E-state index is 11.8. The molecule has 2 rings (SSSR count). The maximum Gasteiger partial charge on any atom is 0.397 e. The van der Waals surface area contributed by atoms with Crippen molar-refractivity contribution in [3.63, 3.8) is 0 Å². The number of rotatable bonds is 18. The number of hydrogen-bond acceptors (Lipinski definition) is 22. The minimum Gasteiger partial charge on any atom is -0.376 e. The summed E-state index contributed by atoms with van der Waals surface area (Å²) in [6, 6.07) is 0. The zero-order valence-corrected chi connectivity index (χ0v) is 26.7. The Kier molecular flexibility index (Phi) is 15.1. The molecule has 0 aromatic heterocycles. The van der Waals surface area contributed by atoms with Gasteiger partial charge in [-0.1, -0.05) is 5.04 Å². The first-order valence-corrected chi connectivity index (χ1v) is 17.6. The molecule has 25 nitrogen and oxygen atoms in total.